The van der Waals surface area contributed by atoms with Gasteiger partial charge in [-0.2, -0.15) is 31.6 Å². The van der Waals surface area contributed by atoms with Crippen molar-refractivity contribution in [1.29, 1.82) is 5.26 Å². The van der Waals surface area contributed by atoms with Crippen LogP contribution in [0, 0.1) is 11.3 Å². The van der Waals surface area contributed by atoms with E-state index in [1.165, 1.54) is 11.1 Å². The second kappa shape index (κ2) is 10.4. The average molecular weight is 495 g/mol. The van der Waals surface area contributed by atoms with Gasteiger partial charge >= 0.3 is 12.4 Å². The van der Waals surface area contributed by atoms with E-state index in [2.05, 4.69) is 10.6 Å². The van der Waals surface area contributed by atoms with Gasteiger partial charge in [-0.25, -0.2) is 0 Å². The lowest BCUT2D eigenvalue weighted by molar-refractivity contribution is -0.143. The highest BCUT2D eigenvalue weighted by Gasteiger charge is 2.37. The Balaban J connectivity index is 1.80. The van der Waals surface area contributed by atoms with Gasteiger partial charge in [-0.1, -0.05) is 25.1 Å². The van der Waals surface area contributed by atoms with Gasteiger partial charge < -0.3 is 10.6 Å². The van der Waals surface area contributed by atoms with Gasteiger partial charge in [-0.05, 0) is 67.0 Å². The molecule has 3 rings (SSSR count). The molecular formula is C25H23F6N3O. The van der Waals surface area contributed by atoms with Crippen LogP contribution >= 0.6 is 0 Å². The summed E-state index contributed by atoms with van der Waals surface area (Å²) in [6.45, 7) is 1.85. The number of nitrogens with one attached hydrogen (secondary N) is 2. The van der Waals surface area contributed by atoms with Crippen LogP contribution in [0.5, 0.6) is 0 Å². The molecule has 1 atom stereocenters. The van der Waals surface area contributed by atoms with Gasteiger partial charge in [-0.3, -0.25) is 4.79 Å². The third-order valence-electron chi connectivity index (χ3n) is 5.82. The zero-order valence-corrected chi connectivity index (χ0v) is 18.8. The monoisotopic (exact) mass is 495 g/mol. The minimum Gasteiger partial charge on any atom is -0.360 e. The van der Waals surface area contributed by atoms with Crippen molar-refractivity contribution in [2.24, 2.45) is 0 Å². The van der Waals surface area contributed by atoms with Gasteiger partial charge in [0.25, 0.3) is 5.91 Å². The number of halogens is 6. The number of amides is 1. The topological polar surface area (TPSA) is 64.9 Å². The molecule has 4 nitrogen and oxygen atoms in total. The highest BCUT2D eigenvalue weighted by molar-refractivity contribution is 5.97. The van der Waals surface area contributed by atoms with Gasteiger partial charge in [0.2, 0.25) is 0 Å². The number of hydrogen-bond donors (Lipinski definition) is 2. The smallest absolute Gasteiger partial charge is 0.360 e. The molecule has 1 aliphatic carbocycles. The third-order valence-corrected chi connectivity index (χ3v) is 5.82. The number of alkyl halides is 6. The Kier molecular flexibility index (Phi) is 7.78. The number of benzene rings is 2. The van der Waals surface area contributed by atoms with Crippen LogP contribution in [0.3, 0.4) is 0 Å². The summed E-state index contributed by atoms with van der Waals surface area (Å²) in [5, 5.41) is 14.3. The fraction of sp³-hybridized carbons (Fsp3) is 0.360. The Morgan fingerprint density at radius 3 is 2.14 bits per heavy atom. The van der Waals surface area contributed by atoms with E-state index in [0.717, 1.165) is 37.4 Å². The van der Waals surface area contributed by atoms with E-state index in [4.69, 9.17) is 0 Å². The van der Waals surface area contributed by atoms with E-state index < -0.39 is 46.7 Å². The molecule has 0 fully saturated rings. The molecule has 1 unspecified atom stereocenters. The van der Waals surface area contributed by atoms with E-state index in [-0.39, 0.29) is 6.07 Å². The summed E-state index contributed by atoms with van der Waals surface area (Å²) < 4.78 is 78.3. The van der Waals surface area contributed by atoms with Gasteiger partial charge in [0.15, 0.2) is 0 Å². The highest BCUT2D eigenvalue weighted by Crippen LogP contribution is 2.37. The molecule has 186 valence electrons. The van der Waals surface area contributed by atoms with Crippen molar-refractivity contribution < 1.29 is 31.1 Å². The number of anilines is 1. The maximum atomic E-state index is 13.1. The molecular weight excluding hydrogens is 472 g/mol. The Labute approximate surface area is 198 Å². The molecule has 0 radical (unpaired) electrons. The predicted octanol–water partition coefficient (Wildman–Crippen LogP) is 6.69. The molecule has 2 N–H and O–H groups in total. The number of aryl methyl sites for hydroxylation is 2. The Morgan fingerprint density at radius 2 is 1.60 bits per heavy atom. The van der Waals surface area contributed by atoms with Crippen LogP contribution < -0.4 is 10.6 Å². The molecule has 35 heavy (non-hydrogen) atoms. The fourth-order valence-electron chi connectivity index (χ4n) is 3.97. The summed E-state index contributed by atoms with van der Waals surface area (Å²) >= 11 is 0. The van der Waals surface area contributed by atoms with Crippen LogP contribution in [0.4, 0.5) is 32.0 Å². The van der Waals surface area contributed by atoms with Crippen molar-refractivity contribution >= 4 is 11.6 Å². The number of rotatable bonds is 6. The third kappa shape index (κ3) is 6.56. The predicted molar refractivity (Wildman–Crippen MR) is 118 cm³/mol. The second-order valence-corrected chi connectivity index (χ2v) is 8.28. The molecule has 1 amide bonds. The van der Waals surface area contributed by atoms with E-state index in [0.29, 0.717) is 18.6 Å². The number of nitriles is 1. The van der Waals surface area contributed by atoms with Crippen LogP contribution in [-0.2, 0) is 30.0 Å². The first-order chi connectivity index (χ1) is 16.4. The van der Waals surface area contributed by atoms with Crippen molar-refractivity contribution in [2.75, 3.05) is 5.32 Å². The molecule has 2 aromatic rings. The Hall–Kier alpha value is -3.48. The molecule has 0 heterocycles. The number of nitrogens with zero attached hydrogens (tertiary/aromatic N) is 1. The fourth-order valence-corrected chi connectivity index (χ4v) is 3.97. The van der Waals surface area contributed by atoms with E-state index in [1.54, 1.807) is 6.07 Å². The molecule has 0 spiro atoms. The summed E-state index contributed by atoms with van der Waals surface area (Å²) in [7, 11) is 0. The van der Waals surface area contributed by atoms with Gasteiger partial charge in [0, 0.05) is 11.9 Å². The zero-order chi connectivity index (χ0) is 25.8. The van der Waals surface area contributed by atoms with Crippen LogP contribution in [0.25, 0.3) is 0 Å². The molecule has 0 aliphatic heterocycles. The zero-order valence-electron chi connectivity index (χ0n) is 18.8. The van der Waals surface area contributed by atoms with Crippen molar-refractivity contribution in [3.8, 4) is 6.07 Å². The first kappa shape index (κ1) is 26.1. The summed E-state index contributed by atoms with van der Waals surface area (Å²) in [6, 6.07) is 8.12. The number of fused-ring (bicyclic) bond motifs is 1. The maximum absolute atomic E-state index is 13.1. The lowest BCUT2D eigenvalue weighted by Gasteiger charge is -2.21. The highest BCUT2D eigenvalue weighted by atomic mass is 19.4. The second-order valence-electron chi connectivity index (χ2n) is 8.28. The molecule has 10 heteroatoms. The summed E-state index contributed by atoms with van der Waals surface area (Å²) in [4.78, 5) is 12.7. The Bertz CT molecular complexity index is 1130. The quantitative estimate of drug-likeness (QED) is 0.267. The first-order valence-corrected chi connectivity index (χ1v) is 11.0. The standard InChI is InChI=1S/C25H23F6N3O/c1-2-22(17-8-7-15-5-3-4-6-16(15)9-17)34-23(35)18(13-32)14-33-21-11-19(24(26,27)28)10-20(12-21)25(29,30)31/h7-12,14,22,33H,2-6H2,1H3,(H,34,35)/b18-14-. The van der Waals surface area contributed by atoms with Gasteiger partial charge in [0.1, 0.15) is 11.6 Å². The first-order valence-electron chi connectivity index (χ1n) is 11.0. The van der Waals surface area contributed by atoms with Crippen LogP contribution in [0.2, 0.25) is 0 Å². The molecule has 0 bridgehead atoms. The minimum absolute atomic E-state index is 0.00274. The lowest BCUT2D eigenvalue weighted by atomic mass is 9.88. The minimum atomic E-state index is -5.01. The van der Waals surface area contributed by atoms with E-state index in [1.807, 2.05) is 25.1 Å². The van der Waals surface area contributed by atoms with E-state index in [9.17, 15) is 36.4 Å². The number of carbonyl (C=O) groups excluding carboxylic acids is 1. The average Bonchev–Trinajstić information content (AvgIpc) is 2.81. The van der Waals surface area contributed by atoms with Crippen LogP contribution in [-0.4, -0.2) is 5.91 Å². The summed E-state index contributed by atoms with van der Waals surface area (Å²) in [5.41, 5.74) is -0.734. The Morgan fingerprint density at radius 1 is 1.00 bits per heavy atom. The van der Waals surface area contributed by atoms with Gasteiger partial charge in [-0.15, -0.1) is 0 Å². The SMILES string of the molecule is CCC(NC(=O)/C(C#N)=C\Nc1cc(C(F)(F)F)cc(C(F)(F)F)c1)c1ccc2c(c1)CCCC2. The van der Waals surface area contributed by atoms with Crippen molar-refractivity contribution in [2.45, 2.75) is 57.4 Å². The normalized spacial score (nSPS) is 15.1. The lowest BCUT2D eigenvalue weighted by Crippen LogP contribution is -2.29. The summed E-state index contributed by atoms with van der Waals surface area (Å²) in [6.07, 6.45) is -4.57. The largest absolute Gasteiger partial charge is 0.416 e. The molecule has 0 saturated heterocycles. The number of carbonyl (C=O) groups is 1. The van der Waals surface area contributed by atoms with Crippen molar-refractivity contribution in [3.05, 3.63) is 76.0 Å². The molecule has 2 aromatic carbocycles. The molecule has 1 aliphatic rings. The van der Waals surface area contributed by atoms with Crippen LogP contribution in [0.1, 0.15) is 60.0 Å². The maximum Gasteiger partial charge on any atom is 0.416 e. The van der Waals surface area contributed by atoms with Gasteiger partial charge in [0.05, 0.1) is 17.2 Å². The molecule has 0 saturated carbocycles. The number of hydrogen-bond acceptors (Lipinski definition) is 3. The van der Waals surface area contributed by atoms with Crippen LogP contribution in [0.15, 0.2) is 48.2 Å². The summed E-state index contributed by atoms with van der Waals surface area (Å²) in [5.74, 6) is -0.799. The van der Waals surface area contributed by atoms with Crippen molar-refractivity contribution in [3.63, 3.8) is 0 Å². The van der Waals surface area contributed by atoms with E-state index >= 15 is 0 Å². The van der Waals surface area contributed by atoms with Crippen molar-refractivity contribution in [1.82, 2.24) is 5.32 Å². The molecule has 0 aromatic heterocycles.